The lowest BCUT2D eigenvalue weighted by Gasteiger charge is -2.18. The van der Waals surface area contributed by atoms with Crippen molar-refractivity contribution in [1.29, 1.82) is 5.41 Å². The Labute approximate surface area is 211 Å². The predicted molar refractivity (Wildman–Crippen MR) is 157 cm³/mol. The van der Waals surface area contributed by atoms with Gasteiger partial charge in [0.05, 0.1) is 0 Å². The molecule has 0 aromatic heterocycles. The van der Waals surface area contributed by atoms with E-state index in [4.69, 9.17) is 5.41 Å². The highest BCUT2D eigenvalue weighted by atomic mass is 14.3. The molecule has 0 aliphatic heterocycles. The fourth-order valence-electron chi connectivity index (χ4n) is 5.29. The molecule has 0 fully saturated rings. The van der Waals surface area contributed by atoms with Gasteiger partial charge in [0.2, 0.25) is 0 Å². The third-order valence-electron chi connectivity index (χ3n) is 6.91. The molecule has 6 rings (SSSR count). The summed E-state index contributed by atoms with van der Waals surface area (Å²) in [4.78, 5) is 0. The van der Waals surface area contributed by atoms with E-state index < -0.39 is 0 Å². The highest BCUT2D eigenvalue weighted by Gasteiger charge is 2.16. The second-order valence-corrected chi connectivity index (χ2v) is 8.99. The molecule has 0 spiro atoms. The van der Waals surface area contributed by atoms with E-state index in [-0.39, 0.29) is 0 Å². The van der Waals surface area contributed by atoms with Crippen LogP contribution in [0.25, 0.3) is 60.1 Å². The zero-order chi connectivity index (χ0) is 24.5. The van der Waals surface area contributed by atoms with Gasteiger partial charge in [0.15, 0.2) is 0 Å². The summed E-state index contributed by atoms with van der Waals surface area (Å²) < 4.78 is 0. The number of rotatable bonds is 5. The van der Waals surface area contributed by atoms with Crippen LogP contribution in [0.2, 0.25) is 0 Å². The normalized spacial score (nSPS) is 11.7. The van der Waals surface area contributed by atoms with Crippen molar-refractivity contribution < 1.29 is 0 Å². The highest BCUT2D eigenvalue weighted by Crippen LogP contribution is 2.43. The molecular weight excluding hydrogens is 434 g/mol. The van der Waals surface area contributed by atoms with Crippen molar-refractivity contribution in [2.45, 2.75) is 0 Å². The van der Waals surface area contributed by atoms with Gasteiger partial charge in [0.1, 0.15) is 0 Å². The van der Waals surface area contributed by atoms with Crippen molar-refractivity contribution in [2.75, 3.05) is 0 Å². The molecule has 170 valence electrons. The van der Waals surface area contributed by atoms with Crippen LogP contribution in [0.3, 0.4) is 0 Å². The predicted octanol–water partition coefficient (Wildman–Crippen LogP) is 9.70. The van der Waals surface area contributed by atoms with Crippen molar-refractivity contribution in [3.8, 4) is 22.3 Å². The fourth-order valence-corrected chi connectivity index (χ4v) is 5.29. The van der Waals surface area contributed by atoms with Crippen LogP contribution in [-0.4, -0.2) is 6.21 Å². The average molecular weight is 460 g/mol. The van der Waals surface area contributed by atoms with E-state index in [1.54, 1.807) is 6.08 Å². The summed E-state index contributed by atoms with van der Waals surface area (Å²) >= 11 is 0. The smallest absolute Gasteiger partial charge is 0.0256 e. The molecule has 0 aliphatic rings. The zero-order valence-electron chi connectivity index (χ0n) is 19.9. The van der Waals surface area contributed by atoms with Crippen LogP contribution in [0, 0.1) is 5.41 Å². The van der Waals surface area contributed by atoms with Gasteiger partial charge < -0.3 is 5.41 Å². The van der Waals surface area contributed by atoms with Gasteiger partial charge in [-0.25, -0.2) is 0 Å². The summed E-state index contributed by atoms with van der Waals surface area (Å²) in [7, 11) is 0. The SMILES string of the molecule is C=C/C=C(\C=N)c1ccc2cc(-c3c4ccccc4c(-c4ccccc4)c4ccccc34)ccc2c1. The molecule has 1 nitrogen and oxygen atoms in total. The number of allylic oxidation sites excluding steroid dienone is 3. The summed E-state index contributed by atoms with van der Waals surface area (Å²) in [6, 6.07) is 41.3. The Kier molecular flexibility index (Phi) is 5.52. The zero-order valence-corrected chi connectivity index (χ0v) is 19.9. The fraction of sp³-hybridized carbons (Fsp3) is 0. The Bertz CT molecular complexity index is 1750. The van der Waals surface area contributed by atoms with Gasteiger partial charge in [-0.1, -0.05) is 122 Å². The van der Waals surface area contributed by atoms with E-state index in [0.717, 1.165) is 16.5 Å². The summed E-state index contributed by atoms with van der Waals surface area (Å²) in [5.41, 5.74) is 6.86. The Morgan fingerprint density at radius 1 is 0.556 bits per heavy atom. The van der Waals surface area contributed by atoms with Gasteiger partial charge in [-0.2, -0.15) is 0 Å². The molecule has 0 heterocycles. The van der Waals surface area contributed by atoms with Crippen molar-refractivity contribution in [3.05, 3.63) is 140 Å². The number of benzene rings is 6. The molecule has 0 saturated carbocycles. The summed E-state index contributed by atoms with van der Waals surface area (Å²) in [5.74, 6) is 0. The van der Waals surface area contributed by atoms with E-state index in [2.05, 4.69) is 122 Å². The Morgan fingerprint density at radius 2 is 1.08 bits per heavy atom. The molecule has 6 aromatic carbocycles. The van der Waals surface area contributed by atoms with Gasteiger partial charge in [-0.15, -0.1) is 0 Å². The monoisotopic (exact) mass is 459 g/mol. The topological polar surface area (TPSA) is 23.9 Å². The maximum atomic E-state index is 7.75. The molecule has 0 aliphatic carbocycles. The van der Waals surface area contributed by atoms with Crippen LogP contribution < -0.4 is 0 Å². The van der Waals surface area contributed by atoms with Crippen molar-refractivity contribution in [3.63, 3.8) is 0 Å². The molecule has 36 heavy (non-hydrogen) atoms. The second-order valence-electron chi connectivity index (χ2n) is 8.99. The van der Waals surface area contributed by atoms with Gasteiger partial charge in [-0.3, -0.25) is 0 Å². The quantitative estimate of drug-likeness (QED) is 0.151. The first-order valence-corrected chi connectivity index (χ1v) is 12.1. The van der Waals surface area contributed by atoms with Crippen LogP contribution in [-0.2, 0) is 0 Å². The summed E-state index contributed by atoms with van der Waals surface area (Å²) in [6.45, 7) is 3.78. The number of fused-ring (bicyclic) bond motifs is 3. The number of nitrogens with one attached hydrogen (secondary N) is 1. The maximum absolute atomic E-state index is 7.75. The van der Waals surface area contributed by atoms with Gasteiger partial charge in [-0.05, 0) is 77.8 Å². The first-order chi connectivity index (χ1) is 17.8. The lowest BCUT2D eigenvalue weighted by Crippen LogP contribution is -1.91. The minimum absolute atomic E-state index is 0.851. The first-order valence-electron chi connectivity index (χ1n) is 12.1. The Morgan fingerprint density at radius 3 is 1.67 bits per heavy atom. The first kappa shape index (κ1) is 21.8. The van der Waals surface area contributed by atoms with Crippen LogP contribution in [0.1, 0.15) is 5.56 Å². The average Bonchev–Trinajstić information content (AvgIpc) is 2.94. The van der Waals surface area contributed by atoms with Crippen LogP contribution >= 0.6 is 0 Å². The molecule has 0 bridgehead atoms. The van der Waals surface area contributed by atoms with E-state index >= 15 is 0 Å². The molecule has 0 radical (unpaired) electrons. The second kappa shape index (κ2) is 9.13. The number of hydrogen-bond donors (Lipinski definition) is 1. The van der Waals surface area contributed by atoms with E-state index in [1.165, 1.54) is 55.4 Å². The van der Waals surface area contributed by atoms with Crippen molar-refractivity contribution in [1.82, 2.24) is 0 Å². The maximum Gasteiger partial charge on any atom is 0.0256 e. The highest BCUT2D eigenvalue weighted by molar-refractivity contribution is 6.21. The largest absolute Gasteiger partial charge is 0.308 e. The molecular formula is C35H25N. The number of hydrogen-bond acceptors (Lipinski definition) is 1. The van der Waals surface area contributed by atoms with Crippen molar-refractivity contribution >= 4 is 44.1 Å². The molecule has 0 amide bonds. The third-order valence-corrected chi connectivity index (χ3v) is 6.91. The lowest BCUT2D eigenvalue weighted by molar-refractivity contribution is 1.57. The molecule has 0 saturated heterocycles. The summed E-state index contributed by atoms with van der Waals surface area (Å²) in [6.07, 6.45) is 4.97. The lowest BCUT2D eigenvalue weighted by atomic mass is 9.85. The standard InChI is InChI=1S/C35H25N/c1-2-10-29(23-36)27-18-17-26-22-28(20-19-25(26)21-27)35-32-15-8-6-13-30(32)34(24-11-4-3-5-12-24)31-14-7-9-16-33(31)35/h2-23,36H,1H2/b29-10+,36-23?. The van der Waals surface area contributed by atoms with E-state index in [1.807, 2.05) is 6.08 Å². The molecule has 1 heteroatoms. The minimum atomic E-state index is 0.851. The van der Waals surface area contributed by atoms with Crippen LogP contribution in [0.5, 0.6) is 0 Å². The molecule has 0 atom stereocenters. The minimum Gasteiger partial charge on any atom is -0.308 e. The molecule has 1 N–H and O–H groups in total. The van der Waals surface area contributed by atoms with Crippen LogP contribution in [0.15, 0.2) is 134 Å². The van der Waals surface area contributed by atoms with E-state index in [9.17, 15) is 0 Å². The van der Waals surface area contributed by atoms with Gasteiger partial charge in [0.25, 0.3) is 0 Å². The Hall–Kier alpha value is -4.75. The van der Waals surface area contributed by atoms with E-state index in [0.29, 0.717) is 0 Å². The molecule has 6 aromatic rings. The third kappa shape index (κ3) is 3.62. The van der Waals surface area contributed by atoms with Gasteiger partial charge in [0, 0.05) is 6.21 Å². The van der Waals surface area contributed by atoms with Crippen molar-refractivity contribution in [2.24, 2.45) is 0 Å². The summed E-state index contributed by atoms with van der Waals surface area (Å²) in [5, 5.41) is 15.1. The Balaban J connectivity index is 1.63. The van der Waals surface area contributed by atoms with Gasteiger partial charge >= 0.3 is 0 Å². The van der Waals surface area contributed by atoms with Crippen LogP contribution in [0.4, 0.5) is 0 Å². The molecule has 0 unspecified atom stereocenters.